The van der Waals surface area contributed by atoms with Gasteiger partial charge in [-0.15, -0.1) is 0 Å². The van der Waals surface area contributed by atoms with Crippen molar-refractivity contribution >= 4 is 43.7 Å². The normalized spacial score (nSPS) is 15.0. The van der Waals surface area contributed by atoms with Crippen LogP contribution in [0.2, 0.25) is 0 Å². The lowest BCUT2D eigenvalue weighted by atomic mass is 10.1. The largest absolute Gasteiger partial charge is 0.360 e. The fourth-order valence-corrected chi connectivity index (χ4v) is 5.64. The molecule has 0 aliphatic carbocycles. The molecule has 1 fully saturated rings. The molecule has 1 aliphatic heterocycles. The lowest BCUT2D eigenvalue weighted by molar-refractivity contribution is 0.226. The van der Waals surface area contributed by atoms with E-state index in [-0.39, 0.29) is 5.82 Å². The summed E-state index contributed by atoms with van der Waals surface area (Å²) in [4.78, 5) is 16.1. The number of thiazole rings is 1. The number of nitrogens with one attached hydrogen (secondary N) is 2. The summed E-state index contributed by atoms with van der Waals surface area (Å²) < 4.78 is 16.8. The molecule has 0 amide bonds. The van der Waals surface area contributed by atoms with E-state index in [2.05, 4.69) is 36.1 Å². The number of anilines is 2. The number of aromatic nitrogens is 4. The lowest BCUT2D eigenvalue weighted by Crippen LogP contribution is -2.41. The molecule has 2 aromatic carbocycles. The third-order valence-corrected chi connectivity index (χ3v) is 7.72. The maximum absolute atomic E-state index is 13.4. The van der Waals surface area contributed by atoms with Gasteiger partial charge in [0.2, 0.25) is 5.95 Å². The molecule has 36 heavy (non-hydrogen) atoms. The van der Waals surface area contributed by atoms with Gasteiger partial charge in [0.15, 0.2) is 5.13 Å². The Morgan fingerprint density at radius 2 is 1.81 bits per heavy atom. The van der Waals surface area contributed by atoms with Crippen LogP contribution in [0.4, 0.5) is 15.5 Å². The first kappa shape index (κ1) is 22.9. The second-order valence-electron chi connectivity index (χ2n) is 9.19. The molecule has 2 N–H and O–H groups in total. The van der Waals surface area contributed by atoms with Gasteiger partial charge in [0.25, 0.3) is 0 Å². The SMILES string of the molecule is Fc1ccc(Cn2c(NC3CCN(CCNc4nc5cnccc5s4)CC3)nc3ccccc32)cc1. The Morgan fingerprint density at radius 3 is 2.64 bits per heavy atom. The Balaban J connectivity index is 1.05. The molecule has 7 nitrogen and oxygen atoms in total. The van der Waals surface area contributed by atoms with Crippen molar-refractivity contribution in [2.45, 2.75) is 25.4 Å². The average molecular weight is 502 g/mol. The Kier molecular flexibility index (Phi) is 6.48. The van der Waals surface area contributed by atoms with Crippen molar-refractivity contribution in [3.8, 4) is 0 Å². The standard InChI is InChI=1S/C27H28FN7S/c28-20-7-5-19(6-8-20)18-35-24-4-2-1-3-22(24)32-26(35)31-21-10-14-34(15-11-21)16-13-30-27-33-23-17-29-12-9-25(23)36-27/h1-9,12,17,21H,10-11,13-16,18H2,(H,30,33)(H,31,32). The number of pyridine rings is 1. The summed E-state index contributed by atoms with van der Waals surface area (Å²) in [5.74, 6) is 0.665. The number of hydrogen-bond donors (Lipinski definition) is 2. The molecule has 3 aromatic heterocycles. The smallest absolute Gasteiger partial charge is 0.204 e. The van der Waals surface area contributed by atoms with E-state index in [1.807, 2.05) is 42.6 Å². The number of halogens is 1. The fourth-order valence-electron chi connectivity index (χ4n) is 4.78. The van der Waals surface area contributed by atoms with E-state index in [1.165, 1.54) is 12.1 Å². The minimum absolute atomic E-state index is 0.216. The van der Waals surface area contributed by atoms with Crippen molar-refractivity contribution < 1.29 is 4.39 Å². The maximum atomic E-state index is 13.4. The average Bonchev–Trinajstić information content (AvgIpc) is 3.47. The van der Waals surface area contributed by atoms with Crippen LogP contribution >= 0.6 is 11.3 Å². The summed E-state index contributed by atoms with van der Waals surface area (Å²) in [5, 5.41) is 8.13. The van der Waals surface area contributed by atoms with Crippen LogP contribution in [0.1, 0.15) is 18.4 Å². The summed E-state index contributed by atoms with van der Waals surface area (Å²) in [5.41, 5.74) is 4.05. The van der Waals surface area contributed by atoms with Crippen LogP contribution in [0.25, 0.3) is 21.3 Å². The molecule has 5 aromatic rings. The van der Waals surface area contributed by atoms with Crippen molar-refractivity contribution in [3.63, 3.8) is 0 Å². The van der Waals surface area contributed by atoms with Crippen molar-refractivity contribution in [2.75, 3.05) is 36.8 Å². The number of imidazole rings is 1. The molecular formula is C27H28FN7S. The first-order valence-corrected chi connectivity index (χ1v) is 13.2. The highest BCUT2D eigenvalue weighted by molar-refractivity contribution is 7.22. The number of nitrogens with zero attached hydrogens (tertiary/aromatic N) is 5. The topological polar surface area (TPSA) is 70.9 Å². The molecule has 0 radical (unpaired) electrons. The zero-order valence-corrected chi connectivity index (χ0v) is 20.7. The molecule has 9 heteroatoms. The van der Waals surface area contributed by atoms with Gasteiger partial charge in [0.1, 0.15) is 11.3 Å². The van der Waals surface area contributed by atoms with Crippen LogP contribution < -0.4 is 10.6 Å². The molecule has 1 aliphatic rings. The van der Waals surface area contributed by atoms with Crippen molar-refractivity contribution in [1.29, 1.82) is 0 Å². The minimum Gasteiger partial charge on any atom is -0.360 e. The van der Waals surface area contributed by atoms with Crippen molar-refractivity contribution in [2.24, 2.45) is 0 Å². The van der Waals surface area contributed by atoms with Crippen LogP contribution in [0, 0.1) is 5.82 Å². The monoisotopic (exact) mass is 501 g/mol. The Morgan fingerprint density at radius 1 is 0.972 bits per heavy atom. The van der Waals surface area contributed by atoms with E-state index in [4.69, 9.17) is 4.98 Å². The Hall–Kier alpha value is -3.56. The highest BCUT2D eigenvalue weighted by atomic mass is 32.1. The van der Waals surface area contributed by atoms with Crippen LogP contribution in [-0.4, -0.2) is 56.6 Å². The molecule has 184 valence electrons. The number of benzene rings is 2. The van der Waals surface area contributed by atoms with Gasteiger partial charge in [0, 0.05) is 38.4 Å². The first-order chi connectivity index (χ1) is 17.7. The molecule has 0 atom stereocenters. The second kappa shape index (κ2) is 10.2. The number of piperidine rings is 1. The molecule has 4 heterocycles. The van der Waals surface area contributed by atoms with Gasteiger partial charge in [-0.3, -0.25) is 4.98 Å². The number of hydrogen-bond acceptors (Lipinski definition) is 7. The molecule has 6 rings (SSSR count). The molecule has 0 unspecified atom stereocenters. The van der Waals surface area contributed by atoms with Gasteiger partial charge < -0.3 is 20.1 Å². The zero-order valence-electron chi connectivity index (χ0n) is 19.9. The van der Waals surface area contributed by atoms with Crippen molar-refractivity contribution in [1.82, 2.24) is 24.4 Å². The number of fused-ring (bicyclic) bond motifs is 2. The van der Waals surface area contributed by atoms with Gasteiger partial charge in [-0.05, 0) is 48.7 Å². The Labute approximate surface area is 213 Å². The summed E-state index contributed by atoms with van der Waals surface area (Å²) in [6, 6.07) is 17.3. The fraction of sp³-hybridized carbons (Fsp3) is 0.296. The highest BCUT2D eigenvalue weighted by Gasteiger charge is 2.21. The first-order valence-electron chi connectivity index (χ1n) is 12.3. The molecular weight excluding hydrogens is 473 g/mol. The molecule has 1 saturated heterocycles. The van der Waals surface area contributed by atoms with E-state index in [1.54, 1.807) is 17.5 Å². The summed E-state index contributed by atoms with van der Waals surface area (Å²) in [7, 11) is 0. The molecule has 0 saturated carbocycles. The second-order valence-corrected chi connectivity index (χ2v) is 10.2. The van der Waals surface area contributed by atoms with Gasteiger partial charge in [0.05, 0.1) is 28.5 Å². The number of para-hydroxylation sites is 2. The summed E-state index contributed by atoms with van der Waals surface area (Å²) in [6.07, 6.45) is 5.74. The predicted octanol–water partition coefficient (Wildman–Crippen LogP) is 5.22. The summed E-state index contributed by atoms with van der Waals surface area (Å²) >= 11 is 1.67. The third-order valence-electron chi connectivity index (χ3n) is 6.72. The molecule has 0 spiro atoms. The Bertz CT molecular complexity index is 1420. The number of rotatable bonds is 8. The van der Waals surface area contributed by atoms with E-state index in [0.717, 1.165) is 76.9 Å². The van der Waals surface area contributed by atoms with Gasteiger partial charge in [-0.25, -0.2) is 14.4 Å². The molecule has 0 bridgehead atoms. The van der Waals surface area contributed by atoms with Crippen LogP contribution in [0.5, 0.6) is 0 Å². The van der Waals surface area contributed by atoms with Gasteiger partial charge in [-0.2, -0.15) is 0 Å². The van der Waals surface area contributed by atoms with Crippen LogP contribution in [-0.2, 0) is 6.54 Å². The van der Waals surface area contributed by atoms with Crippen molar-refractivity contribution in [3.05, 3.63) is 78.4 Å². The van der Waals surface area contributed by atoms with E-state index in [9.17, 15) is 4.39 Å². The van der Waals surface area contributed by atoms with Crippen LogP contribution in [0.3, 0.4) is 0 Å². The maximum Gasteiger partial charge on any atom is 0.204 e. The highest BCUT2D eigenvalue weighted by Crippen LogP contribution is 2.25. The third kappa shape index (κ3) is 5.03. The van der Waals surface area contributed by atoms with Crippen LogP contribution in [0.15, 0.2) is 67.0 Å². The lowest BCUT2D eigenvalue weighted by Gasteiger charge is -2.32. The van der Waals surface area contributed by atoms with Gasteiger partial charge in [-0.1, -0.05) is 35.6 Å². The number of likely N-dealkylation sites (tertiary alicyclic amines) is 1. The minimum atomic E-state index is -0.216. The predicted molar refractivity (Wildman–Crippen MR) is 144 cm³/mol. The quantitative estimate of drug-likeness (QED) is 0.304. The summed E-state index contributed by atoms with van der Waals surface area (Å²) in [6.45, 7) is 4.60. The zero-order chi connectivity index (χ0) is 24.3. The van der Waals surface area contributed by atoms with E-state index in [0.29, 0.717) is 12.6 Å². The van der Waals surface area contributed by atoms with Gasteiger partial charge >= 0.3 is 0 Å². The van der Waals surface area contributed by atoms with E-state index >= 15 is 0 Å². The van der Waals surface area contributed by atoms with E-state index < -0.39 is 0 Å².